The summed E-state index contributed by atoms with van der Waals surface area (Å²) in [5.74, 6) is -19.5. The lowest BCUT2D eigenvalue weighted by molar-refractivity contribution is -0.294. The molecule has 0 atom stereocenters. The number of benzene rings is 1. The lowest BCUT2D eigenvalue weighted by Gasteiger charge is -2.26. The van der Waals surface area contributed by atoms with E-state index in [9.17, 15) is 52.7 Å². The lowest BCUT2D eigenvalue weighted by atomic mass is 9.90. The summed E-state index contributed by atoms with van der Waals surface area (Å²) in [5.41, 5.74) is -11.8. The molecule has 14 heteroatoms. The van der Waals surface area contributed by atoms with Crippen molar-refractivity contribution in [2.75, 3.05) is 0 Å². The van der Waals surface area contributed by atoms with Gasteiger partial charge in [-0.2, -0.15) is 54.4 Å². The fourth-order valence-electron chi connectivity index (χ4n) is 1.77. The van der Waals surface area contributed by atoms with Crippen LogP contribution in [0.4, 0.5) is 52.7 Å². The number of halogens is 12. The van der Waals surface area contributed by atoms with Gasteiger partial charge in [0.2, 0.25) is 0 Å². The molecule has 142 valence electrons. The number of nitriles is 2. The van der Waals surface area contributed by atoms with Crippen molar-refractivity contribution in [2.45, 2.75) is 24.2 Å². The molecule has 0 saturated carbocycles. The molecule has 1 aromatic rings. The van der Waals surface area contributed by atoms with Gasteiger partial charge in [0, 0.05) is 0 Å². The van der Waals surface area contributed by atoms with Gasteiger partial charge < -0.3 is 0 Å². The van der Waals surface area contributed by atoms with Crippen LogP contribution >= 0.6 is 0 Å². The second-order valence-corrected chi connectivity index (χ2v) is 4.50. The third-order valence-corrected chi connectivity index (χ3v) is 2.94. The zero-order valence-corrected chi connectivity index (χ0v) is 11.4. The quantitative estimate of drug-likeness (QED) is 0.655. The molecule has 0 aliphatic rings. The first-order valence-corrected chi connectivity index (χ1v) is 5.72. The predicted octanol–water partition coefficient (Wildman–Crippen LogP) is 5.02. The molecule has 2 nitrogen and oxygen atoms in total. The highest BCUT2D eigenvalue weighted by Gasteiger charge is 2.66. The summed E-state index contributed by atoms with van der Waals surface area (Å²) in [6.07, 6.45) is -13.6. The van der Waals surface area contributed by atoms with E-state index in [1.54, 1.807) is 0 Å². The van der Waals surface area contributed by atoms with Gasteiger partial charge in [-0.15, -0.1) is 0 Å². The summed E-state index contributed by atoms with van der Waals surface area (Å²) in [6.45, 7) is 0. The molecule has 26 heavy (non-hydrogen) atoms. The van der Waals surface area contributed by atoms with Crippen LogP contribution in [0.3, 0.4) is 0 Å². The van der Waals surface area contributed by atoms with Crippen LogP contribution < -0.4 is 0 Å². The Bertz CT molecular complexity index is 754. The summed E-state index contributed by atoms with van der Waals surface area (Å²) in [5, 5.41) is 16.9. The minimum atomic E-state index is -6.79. The van der Waals surface area contributed by atoms with Gasteiger partial charge in [0.1, 0.15) is 29.1 Å². The number of hydrogen-bond donors (Lipinski definition) is 0. The molecular weight excluding hydrogens is 400 g/mol. The third kappa shape index (κ3) is 2.89. The first-order valence-electron chi connectivity index (χ1n) is 5.72. The zero-order chi connectivity index (χ0) is 20.9. The monoisotopic (exact) mass is 400 g/mol. The Morgan fingerprint density at radius 1 is 0.538 bits per heavy atom. The average molecular weight is 400 g/mol. The highest BCUT2D eigenvalue weighted by molar-refractivity contribution is 5.55. The van der Waals surface area contributed by atoms with E-state index in [0.717, 1.165) is 0 Å². The van der Waals surface area contributed by atoms with Crippen molar-refractivity contribution in [3.8, 4) is 12.1 Å². The maximum atomic E-state index is 14.0. The Morgan fingerprint density at radius 3 is 1.00 bits per heavy atom. The molecule has 0 saturated heterocycles. The summed E-state index contributed by atoms with van der Waals surface area (Å²) < 4.78 is 155. The zero-order valence-electron chi connectivity index (χ0n) is 11.4. The first-order chi connectivity index (χ1) is 11.5. The largest absolute Gasteiger partial charge is 0.458 e. The Hall–Kier alpha value is -2.64. The smallest absolute Gasteiger partial charge is 0.206 e. The number of nitrogens with zero attached hydrogens (tertiary/aromatic N) is 2. The standard InChI is InChI=1S/C12F12N2/c13-7-3(1-25)5(9(15,16)11(19,20)21)8(14)6(4(7)2-26)10(17,18)12(22,23)24. The molecule has 0 amide bonds. The van der Waals surface area contributed by atoms with E-state index in [2.05, 4.69) is 0 Å². The van der Waals surface area contributed by atoms with E-state index in [-0.39, 0.29) is 0 Å². The van der Waals surface area contributed by atoms with Gasteiger partial charge in [0.15, 0.2) is 5.82 Å². The second-order valence-electron chi connectivity index (χ2n) is 4.50. The molecule has 0 aliphatic carbocycles. The minimum Gasteiger partial charge on any atom is -0.206 e. The molecule has 0 fully saturated rings. The van der Waals surface area contributed by atoms with Gasteiger partial charge >= 0.3 is 24.2 Å². The topological polar surface area (TPSA) is 47.6 Å². The van der Waals surface area contributed by atoms with E-state index in [1.807, 2.05) is 0 Å². The van der Waals surface area contributed by atoms with Crippen molar-refractivity contribution in [3.63, 3.8) is 0 Å². The predicted molar refractivity (Wildman–Crippen MR) is 55.7 cm³/mol. The van der Waals surface area contributed by atoms with E-state index >= 15 is 0 Å². The number of hydrogen-bond acceptors (Lipinski definition) is 2. The van der Waals surface area contributed by atoms with Crippen LogP contribution in [0.1, 0.15) is 22.3 Å². The van der Waals surface area contributed by atoms with Gasteiger partial charge in [-0.3, -0.25) is 0 Å². The van der Waals surface area contributed by atoms with Crippen LogP contribution in [-0.2, 0) is 11.8 Å². The second kappa shape index (κ2) is 5.96. The van der Waals surface area contributed by atoms with Crippen molar-refractivity contribution >= 4 is 0 Å². The van der Waals surface area contributed by atoms with Gasteiger partial charge in [-0.1, -0.05) is 0 Å². The van der Waals surface area contributed by atoms with Crippen molar-refractivity contribution in [2.24, 2.45) is 0 Å². The molecule has 0 aromatic heterocycles. The molecule has 0 N–H and O–H groups in total. The maximum absolute atomic E-state index is 14.0. The van der Waals surface area contributed by atoms with Crippen LogP contribution in [0.2, 0.25) is 0 Å². The van der Waals surface area contributed by atoms with E-state index < -0.39 is 58.1 Å². The molecule has 1 aromatic carbocycles. The normalized spacial score (nSPS) is 13.3. The SMILES string of the molecule is N#Cc1c(F)c(C#N)c(C(F)(F)C(F)(F)F)c(F)c1C(F)(F)C(F)(F)F. The molecule has 0 heterocycles. The fourth-order valence-corrected chi connectivity index (χ4v) is 1.77. The first kappa shape index (κ1) is 21.4. The maximum Gasteiger partial charge on any atom is 0.458 e. The van der Waals surface area contributed by atoms with E-state index in [4.69, 9.17) is 10.5 Å². The van der Waals surface area contributed by atoms with Crippen molar-refractivity contribution in [1.82, 2.24) is 0 Å². The van der Waals surface area contributed by atoms with Gasteiger partial charge in [0.25, 0.3) is 0 Å². The summed E-state index contributed by atoms with van der Waals surface area (Å²) >= 11 is 0. The van der Waals surface area contributed by atoms with Crippen LogP contribution in [0, 0.1) is 34.3 Å². The summed E-state index contributed by atoms with van der Waals surface area (Å²) in [6, 6.07) is 0.606. The van der Waals surface area contributed by atoms with Crippen molar-refractivity contribution in [3.05, 3.63) is 33.9 Å². The molecule has 1 rings (SSSR count). The van der Waals surface area contributed by atoms with Crippen LogP contribution in [0.5, 0.6) is 0 Å². The minimum absolute atomic E-state index is 0.303. The molecule has 0 spiro atoms. The molecule has 0 bridgehead atoms. The molecule has 0 unspecified atom stereocenters. The Morgan fingerprint density at radius 2 is 0.808 bits per heavy atom. The highest BCUT2D eigenvalue weighted by atomic mass is 19.4. The number of rotatable bonds is 2. The lowest BCUT2D eigenvalue weighted by Crippen LogP contribution is -2.40. The van der Waals surface area contributed by atoms with Gasteiger partial charge in [-0.05, 0) is 0 Å². The Balaban J connectivity index is 4.24. The highest BCUT2D eigenvalue weighted by Crippen LogP contribution is 2.52. The number of alkyl halides is 10. The van der Waals surface area contributed by atoms with Crippen LogP contribution in [0.15, 0.2) is 0 Å². The molecule has 0 radical (unpaired) electrons. The van der Waals surface area contributed by atoms with Crippen molar-refractivity contribution in [1.29, 1.82) is 10.5 Å². The fraction of sp³-hybridized carbons (Fsp3) is 0.333. The third-order valence-electron chi connectivity index (χ3n) is 2.94. The van der Waals surface area contributed by atoms with E-state index in [0.29, 0.717) is 12.1 Å². The molecule has 0 aliphatic heterocycles. The van der Waals surface area contributed by atoms with Gasteiger partial charge in [-0.25, -0.2) is 8.78 Å². The van der Waals surface area contributed by atoms with E-state index in [1.165, 1.54) is 0 Å². The molecular formula is C12F12N2. The van der Waals surface area contributed by atoms with Crippen molar-refractivity contribution < 1.29 is 52.7 Å². The Labute approximate surface area is 134 Å². The van der Waals surface area contributed by atoms with Crippen LogP contribution in [-0.4, -0.2) is 12.4 Å². The average Bonchev–Trinajstić information content (AvgIpc) is 2.45. The van der Waals surface area contributed by atoms with Gasteiger partial charge in [0.05, 0.1) is 11.1 Å². The summed E-state index contributed by atoms with van der Waals surface area (Å²) in [7, 11) is 0. The Kier molecular flexibility index (Phi) is 4.91. The summed E-state index contributed by atoms with van der Waals surface area (Å²) in [4.78, 5) is 0. The van der Waals surface area contributed by atoms with Crippen LogP contribution in [0.25, 0.3) is 0 Å².